The minimum absolute atomic E-state index is 0.100. The fraction of sp³-hybridized carbons (Fsp3) is 0. The van der Waals surface area contributed by atoms with Gasteiger partial charge in [0.1, 0.15) is 11.4 Å². The first-order valence-corrected chi connectivity index (χ1v) is 4.37. The number of benzene rings is 1. The zero-order valence-electron chi connectivity index (χ0n) is 7.90. The van der Waals surface area contributed by atoms with Gasteiger partial charge in [0, 0.05) is 11.3 Å². The molecule has 2 aromatic rings. The molecule has 0 aliphatic carbocycles. The van der Waals surface area contributed by atoms with Crippen molar-refractivity contribution >= 4 is 11.4 Å². The average Bonchev–Trinajstić information content (AvgIpc) is 2.22. The van der Waals surface area contributed by atoms with Crippen LogP contribution in [0, 0.1) is 0 Å². The fourth-order valence-electron chi connectivity index (χ4n) is 1.33. The molecule has 1 aromatic carbocycles. The zero-order chi connectivity index (χ0) is 10.8. The van der Waals surface area contributed by atoms with E-state index in [4.69, 9.17) is 11.5 Å². The number of hydrogen-bond donors (Lipinski definition) is 3. The van der Waals surface area contributed by atoms with E-state index in [-0.39, 0.29) is 11.2 Å². The van der Waals surface area contributed by atoms with Crippen LogP contribution < -0.4 is 17.0 Å². The lowest BCUT2D eigenvalue weighted by molar-refractivity contribution is 1.13. The standard InChI is InChI=1S/C10H10N4O/c11-7-3-1-2-6(4-7)9-8(12)10(15)14-5-13-9/h1-5H,11-12H2,(H,13,14,15). The molecule has 0 radical (unpaired) electrons. The third-order valence-electron chi connectivity index (χ3n) is 2.05. The molecule has 0 unspecified atom stereocenters. The van der Waals surface area contributed by atoms with E-state index in [1.165, 1.54) is 6.33 Å². The molecule has 5 nitrogen and oxygen atoms in total. The van der Waals surface area contributed by atoms with Gasteiger partial charge in [-0.3, -0.25) is 4.79 Å². The third-order valence-corrected chi connectivity index (χ3v) is 2.05. The summed E-state index contributed by atoms with van der Waals surface area (Å²) in [6.45, 7) is 0. The predicted octanol–water partition coefficient (Wildman–Crippen LogP) is 0.601. The molecule has 1 aromatic heterocycles. The lowest BCUT2D eigenvalue weighted by Gasteiger charge is -2.03. The number of nitrogens with two attached hydrogens (primary N) is 2. The lowest BCUT2D eigenvalue weighted by atomic mass is 10.1. The Hall–Kier alpha value is -2.30. The van der Waals surface area contributed by atoms with Crippen LogP contribution in [-0.2, 0) is 0 Å². The molecule has 0 fully saturated rings. The van der Waals surface area contributed by atoms with Crippen molar-refractivity contribution in [2.45, 2.75) is 0 Å². The third kappa shape index (κ3) is 1.67. The van der Waals surface area contributed by atoms with Gasteiger partial charge >= 0.3 is 0 Å². The van der Waals surface area contributed by atoms with Gasteiger partial charge in [0.25, 0.3) is 5.56 Å². The van der Waals surface area contributed by atoms with Gasteiger partial charge < -0.3 is 16.5 Å². The Morgan fingerprint density at radius 3 is 2.80 bits per heavy atom. The quantitative estimate of drug-likeness (QED) is 0.590. The maximum atomic E-state index is 11.2. The van der Waals surface area contributed by atoms with Crippen molar-refractivity contribution in [3.05, 3.63) is 40.9 Å². The predicted molar refractivity (Wildman–Crippen MR) is 59.1 cm³/mol. The maximum Gasteiger partial charge on any atom is 0.274 e. The second-order valence-electron chi connectivity index (χ2n) is 3.12. The summed E-state index contributed by atoms with van der Waals surface area (Å²) < 4.78 is 0. The molecule has 0 bridgehead atoms. The number of aromatic amines is 1. The average molecular weight is 202 g/mol. The topological polar surface area (TPSA) is 97.8 Å². The molecule has 0 saturated carbocycles. The van der Waals surface area contributed by atoms with Crippen molar-refractivity contribution in [1.82, 2.24) is 9.97 Å². The highest BCUT2D eigenvalue weighted by molar-refractivity contribution is 5.73. The second kappa shape index (κ2) is 3.45. The number of nitrogen functional groups attached to an aromatic ring is 2. The van der Waals surface area contributed by atoms with Crippen molar-refractivity contribution in [2.75, 3.05) is 11.5 Å². The second-order valence-corrected chi connectivity index (χ2v) is 3.12. The van der Waals surface area contributed by atoms with Crippen LogP contribution in [0.5, 0.6) is 0 Å². The van der Waals surface area contributed by atoms with E-state index >= 15 is 0 Å². The van der Waals surface area contributed by atoms with Crippen LogP contribution in [-0.4, -0.2) is 9.97 Å². The number of anilines is 2. The monoisotopic (exact) mass is 202 g/mol. The van der Waals surface area contributed by atoms with Gasteiger partial charge in [-0.05, 0) is 12.1 Å². The van der Waals surface area contributed by atoms with Crippen LogP contribution in [0.25, 0.3) is 11.3 Å². The summed E-state index contributed by atoms with van der Waals surface area (Å²) >= 11 is 0. The van der Waals surface area contributed by atoms with Crippen molar-refractivity contribution in [2.24, 2.45) is 0 Å². The molecule has 5 heteroatoms. The van der Waals surface area contributed by atoms with Crippen molar-refractivity contribution in [3.63, 3.8) is 0 Å². The summed E-state index contributed by atoms with van der Waals surface area (Å²) in [6.07, 6.45) is 1.32. The highest BCUT2D eigenvalue weighted by atomic mass is 16.1. The van der Waals surface area contributed by atoms with Gasteiger partial charge in [0.05, 0.1) is 6.33 Å². The number of nitrogens with one attached hydrogen (secondary N) is 1. The molecule has 0 aliphatic heterocycles. The Balaban J connectivity index is 2.64. The van der Waals surface area contributed by atoms with Crippen LogP contribution in [0.1, 0.15) is 0 Å². The summed E-state index contributed by atoms with van der Waals surface area (Å²) in [7, 11) is 0. The molecular weight excluding hydrogens is 192 g/mol. The van der Waals surface area contributed by atoms with Crippen molar-refractivity contribution in [1.29, 1.82) is 0 Å². The van der Waals surface area contributed by atoms with E-state index in [0.29, 0.717) is 11.4 Å². The van der Waals surface area contributed by atoms with Gasteiger partial charge in [-0.1, -0.05) is 12.1 Å². The van der Waals surface area contributed by atoms with Crippen molar-refractivity contribution in [3.8, 4) is 11.3 Å². The lowest BCUT2D eigenvalue weighted by Crippen LogP contribution is -2.13. The van der Waals surface area contributed by atoms with Crippen LogP contribution in [0.3, 0.4) is 0 Å². The summed E-state index contributed by atoms with van der Waals surface area (Å²) in [5.74, 6) is 0. The molecule has 2 rings (SSSR count). The van der Waals surface area contributed by atoms with Gasteiger partial charge in [-0.15, -0.1) is 0 Å². The molecule has 1 heterocycles. The highest BCUT2D eigenvalue weighted by Crippen LogP contribution is 2.21. The number of rotatable bonds is 1. The van der Waals surface area contributed by atoms with E-state index in [0.717, 1.165) is 5.56 Å². The molecular formula is C10H10N4O. The first kappa shape index (κ1) is 9.26. The number of hydrogen-bond acceptors (Lipinski definition) is 4. The molecule has 76 valence electrons. The van der Waals surface area contributed by atoms with Gasteiger partial charge in [0.2, 0.25) is 0 Å². The van der Waals surface area contributed by atoms with Crippen LogP contribution in [0.4, 0.5) is 11.4 Å². The Bertz CT molecular complexity index is 547. The van der Waals surface area contributed by atoms with Crippen LogP contribution in [0.15, 0.2) is 35.4 Å². The minimum Gasteiger partial charge on any atom is -0.399 e. The number of nitrogens with zero attached hydrogens (tertiary/aromatic N) is 1. The molecule has 0 amide bonds. The largest absolute Gasteiger partial charge is 0.399 e. The normalized spacial score (nSPS) is 10.1. The highest BCUT2D eigenvalue weighted by Gasteiger charge is 2.06. The molecule has 15 heavy (non-hydrogen) atoms. The zero-order valence-corrected chi connectivity index (χ0v) is 7.90. The van der Waals surface area contributed by atoms with Gasteiger partial charge in [-0.2, -0.15) is 0 Å². The molecule has 0 atom stereocenters. The summed E-state index contributed by atoms with van der Waals surface area (Å²) in [5, 5.41) is 0. The van der Waals surface area contributed by atoms with Crippen LogP contribution >= 0.6 is 0 Å². The smallest absolute Gasteiger partial charge is 0.274 e. The van der Waals surface area contributed by atoms with Crippen LogP contribution in [0.2, 0.25) is 0 Å². The van der Waals surface area contributed by atoms with E-state index in [1.807, 2.05) is 0 Å². The van der Waals surface area contributed by atoms with E-state index in [1.54, 1.807) is 24.3 Å². The van der Waals surface area contributed by atoms with E-state index in [2.05, 4.69) is 9.97 Å². The summed E-state index contributed by atoms with van der Waals surface area (Å²) in [4.78, 5) is 17.7. The van der Waals surface area contributed by atoms with E-state index in [9.17, 15) is 4.79 Å². The summed E-state index contributed by atoms with van der Waals surface area (Å²) in [5.41, 5.74) is 12.8. The van der Waals surface area contributed by atoms with E-state index < -0.39 is 0 Å². The Kier molecular flexibility index (Phi) is 2.13. The van der Waals surface area contributed by atoms with Crippen molar-refractivity contribution < 1.29 is 0 Å². The maximum absolute atomic E-state index is 11.2. The Labute approximate surface area is 85.8 Å². The number of H-pyrrole nitrogens is 1. The first-order valence-electron chi connectivity index (χ1n) is 4.37. The first-order chi connectivity index (χ1) is 7.18. The molecule has 0 aliphatic rings. The van der Waals surface area contributed by atoms with Gasteiger partial charge in [-0.25, -0.2) is 4.98 Å². The van der Waals surface area contributed by atoms with Gasteiger partial charge in [0.15, 0.2) is 0 Å². The minimum atomic E-state index is -0.345. The SMILES string of the molecule is Nc1cccc(-c2nc[nH]c(=O)c2N)c1. The Morgan fingerprint density at radius 1 is 1.27 bits per heavy atom. The number of aromatic nitrogens is 2. The molecule has 0 spiro atoms. The fourth-order valence-corrected chi connectivity index (χ4v) is 1.33. The molecule has 0 saturated heterocycles. The Morgan fingerprint density at radius 2 is 2.07 bits per heavy atom. The summed E-state index contributed by atoms with van der Waals surface area (Å²) in [6, 6.07) is 7.06. The molecule has 5 N–H and O–H groups in total.